The SMILES string of the molecule is COC(=O)C1(CNC(=O)N2CC[C@H](c3ccccc3)C2)CCOCC1. The summed E-state index contributed by atoms with van der Waals surface area (Å²) in [5.41, 5.74) is 0.606. The second-order valence-electron chi connectivity index (χ2n) is 6.89. The van der Waals surface area contributed by atoms with E-state index in [4.69, 9.17) is 9.47 Å². The van der Waals surface area contributed by atoms with E-state index in [-0.39, 0.29) is 12.0 Å². The summed E-state index contributed by atoms with van der Waals surface area (Å²) >= 11 is 0. The van der Waals surface area contributed by atoms with Gasteiger partial charge < -0.3 is 19.7 Å². The molecule has 2 aliphatic heterocycles. The van der Waals surface area contributed by atoms with E-state index < -0.39 is 5.41 Å². The molecule has 0 unspecified atom stereocenters. The molecule has 2 fully saturated rings. The number of hydrogen-bond acceptors (Lipinski definition) is 4. The Balaban J connectivity index is 1.56. The van der Waals surface area contributed by atoms with Gasteiger partial charge in [-0.05, 0) is 24.8 Å². The number of amides is 2. The van der Waals surface area contributed by atoms with Crippen molar-refractivity contribution in [1.29, 1.82) is 0 Å². The van der Waals surface area contributed by atoms with Gasteiger partial charge in [-0.1, -0.05) is 30.3 Å². The maximum Gasteiger partial charge on any atom is 0.317 e. The van der Waals surface area contributed by atoms with Crippen LogP contribution in [-0.4, -0.2) is 56.9 Å². The van der Waals surface area contributed by atoms with Crippen molar-refractivity contribution < 1.29 is 19.1 Å². The molecule has 1 atom stereocenters. The van der Waals surface area contributed by atoms with Crippen LogP contribution in [0.5, 0.6) is 0 Å². The van der Waals surface area contributed by atoms with Crippen molar-refractivity contribution in [3.05, 3.63) is 35.9 Å². The van der Waals surface area contributed by atoms with Crippen LogP contribution in [0.2, 0.25) is 0 Å². The lowest BCUT2D eigenvalue weighted by Gasteiger charge is -2.34. The van der Waals surface area contributed by atoms with Crippen molar-refractivity contribution >= 4 is 12.0 Å². The molecule has 1 N–H and O–H groups in total. The molecule has 0 radical (unpaired) electrons. The lowest BCUT2D eigenvalue weighted by atomic mass is 9.80. The summed E-state index contributed by atoms with van der Waals surface area (Å²) in [5, 5.41) is 2.95. The number of likely N-dealkylation sites (tertiary alicyclic amines) is 1. The van der Waals surface area contributed by atoms with E-state index in [1.807, 2.05) is 23.1 Å². The molecule has 2 amide bonds. The van der Waals surface area contributed by atoms with E-state index in [1.165, 1.54) is 12.7 Å². The van der Waals surface area contributed by atoms with Crippen LogP contribution in [0.1, 0.15) is 30.7 Å². The van der Waals surface area contributed by atoms with Gasteiger partial charge >= 0.3 is 12.0 Å². The fraction of sp³-hybridized carbons (Fsp3) is 0.579. The second-order valence-corrected chi connectivity index (χ2v) is 6.89. The van der Waals surface area contributed by atoms with Crippen molar-refractivity contribution in [3.63, 3.8) is 0 Å². The quantitative estimate of drug-likeness (QED) is 0.849. The van der Waals surface area contributed by atoms with Gasteiger partial charge in [-0.3, -0.25) is 4.79 Å². The summed E-state index contributed by atoms with van der Waals surface area (Å²) in [6.45, 7) is 2.79. The monoisotopic (exact) mass is 346 g/mol. The van der Waals surface area contributed by atoms with Crippen LogP contribution in [0.15, 0.2) is 30.3 Å². The fourth-order valence-electron chi connectivity index (χ4n) is 3.73. The van der Waals surface area contributed by atoms with Crippen molar-refractivity contribution in [3.8, 4) is 0 Å². The number of carbonyl (C=O) groups is 2. The van der Waals surface area contributed by atoms with Crippen molar-refractivity contribution in [1.82, 2.24) is 10.2 Å². The van der Waals surface area contributed by atoms with Gasteiger partial charge in [-0.25, -0.2) is 4.79 Å². The number of hydrogen-bond donors (Lipinski definition) is 1. The number of carbonyl (C=O) groups excluding carboxylic acids is 2. The zero-order valence-corrected chi connectivity index (χ0v) is 14.7. The number of rotatable bonds is 4. The smallest absolute Gasteiger partial charge is 0.317 e. The molecule has 0 saturated carbocycles. The summed E-state index contributed by atoms with van der Waals surface area (Å²) in [4.78, 5) is 26.6. The minimum absolute atomic E-state index is 0.104. The van der Waals surface area contributed by atoms with Crippen LogP contribution in [0, 0.1) is 5.41 Å². The highest BCUT2D eigenvalue weighted by Crippen LogP contribution is 2.32. The maximum absolute atomic E-state index is 12.5. The molecule has 1 aromatic carbocycles. The number of ether oxygens (including phenoxy) is 2. The molecule has 3 rings (SSSR count). The summed E-state index contributed by atoms with van der Waals surface area (Å²) < 4.78 is 10.3. The first-order valence-electron chi connectivity index (χ1n) is 8.88. The minimum Gasteiger partial charge on any atom is -0.469 e. The predicted octanol–water partition coefficient (Wildman–Crippen LogP) is 2.16. The molecule has 136 valence electrons. The maximum atomic E-state index is 12.5. The summed E-state index contributed by atoms with van der Waals surface area (Å²) in [5.74, 6) is 0.115. The van der Waals surface area contributed by atoms with E-state index in [0.29, 0.717) is 45.1 Å². The van der Waals surface area contributed by atoms with Crippen LogP contribution in [0.4, 0.5) is 4.79 Å². The van der Waals surface area contributed by atoms with Crippen LogP contribution < -0.4 is 5.32 Å². The van der Waals surface area contributed by atoms with E-state index in [9.17, 15) is 9.59 Å². The third-order valence-corrected chi connectivity index (χ3v) is 5.39. The lowest BCUT2D eigenvalue weighted by molar-refractivity contribution is -0.158. The average molecular weight is 346 g/mol. The number of nitrogens with one attached hydrogen (secondary N) is 1. The van der Waals surface area contributed by atoms with Gasteiger partial charge in [0.05, 0.1) is 12.5 Å². The second kappa shape index (κ2) is 7.87. The standard InChI is InChI=1S/C19H26N2O4/c1-24-17(22)19(8-11-25-12-9-19)14-20-18(23)21-10-7-16(13-21)15-5-3-2-4-6-15/h2-6,16H,7-14H2,1H3,(H,20,23)/t16-/m0/s1. The molecule has 6 heteroatoms. The first-order chi connectivity index (χ1) is 12.1. The molecule has 1 aromatic rings. The number of methoxy groups -OCH3 is 1. The zero-order valence-electron chi connectivity index (χ0n) is 14.7. The van der Waals surface area contributed by atoms with Crippen molar-refractivity contribution in [2.24, 2.45) is 5.41 Å². The number of benzene rings is 1. The zero-order chi connectivity index (χ0) is 17.7. The molecule has 0 aromatic heterocycles. The molecule has 0 spiro atoms. The number of nitrogens with zero attached hydrogens (tertiary/aromatic N) is 1. The first kappa shape index (κ1) is 17.7. The molecular formula is C19H26N2O4. The Labute approximate surface area is 148 Å². The summed E-state index contributed by atoms with van der Waals surface area (Å²) in [6, 6.07) is 10.2. The Morgan fingerprint density at radius 1 is 1.28 bits per heavy atom. The van der Waals surface area contributed by atoms with Gasteiger partial charge in [0.15, 0.2) is 0 Å². The molecule has 0 bridgehead atoms. The average Bonchev–Trinajstić information content (AvgIpc) is 3.17. The van der Waals surface area contributed by atoms with Crippen LogP contribution in [0.25, 0.3) is 0 Å². The molecule has 2 aliphatic rings. The van der Waals surface area contributed by atoms with Crippen molar-refractivity contribution in [2.45, 2.75) is 25.2 Å². The van der Waals surface area contributed by atoms with Gasteiger partial charge in [0.25, 0.3) is 0 Å². The highest BCUT2D eigenvalue weighted by Gasteiger charge is 2.42. The third-order valence-electron chi connectivity index (χ3n) is 5.39. The Kier molecular flexibility index (Phi) is 5.58. The Morgan fingerprint density at radius 3 is 2.68 bits per heavy atom. The van der Waals surface area contributed by atoms with E-state index in [0.717, 1.165) is 13.0 Å². The highest BCUT2D eigenvalue weighted by atomic mass is 16.5. The van der Waals surface area contributed by atoms with Gasteiger partial charge in [-0.15, -0.1) is 0 Å². The molecular weight excluding hydrogens is 320 g/mol. The van der Waals surface area contributed by atoms with E-state index in [1.54, 1.807) is 0 Å². The van der Waals surface area contributed by atoms with E-state index >= 15 is 0 Å². The largest absolute Gasteiger partial charge is 0.469 e. The molecule has 25 heavy (non-hydrogen) atoms. The summed E-state index contributed by atoms with van der Waals surface area (Å²) in [6.07, 6.45) is 2.12. The first-order valence-corrected chi connectivity index (χ1v) is 8.88. The Morgan fingerprint density at radius 2 is 2.00 bits per heavy atom. The number of esters is 1. The van der Waals surface area contributed by atoms with Crippen LogP contribution in [-0.2, 0) is 14.3 Å². The molecule has 2 heterocycles. The van der Waals surface area contributed by atoms with Crippen molar-refractivity contribution in [2.75, 3.05) is 40.0 Å². The van der Waals surface area contributed by atoms with Crippen LogP contribution >= 0.6 is 0 Å². The third kappa shape index (κ3) is 3.95. The normalized spacial score (nSPS) is 22.4. The van der Waals surface area contributed by atoms with Gasteiger partial charge in [0, 0.05) is 38.8 Å². The van der Waals surface area contributed by atoms with Gasteiger partial charge in [0.1, 0.15) is 0 Å². The molecule has 2 saturated heterocycles. The van der Waals surface area contributed by atoms with Gasteiger partial charge in [0.2, 0.25) is 0 Å². The topological polar surface area (TPSA) is 67.9 Å². The number of urea groups is 1. The fourth-order valence-corrected chi connectivity index (χ4v) is 3.73. The highest BCUT2D eigenvalue weighted by molar-refractivity contribution is 5.79. The lowest BCUT2D eigenvalue weighted by Crippen LogP contribution is -2.49. The Bertz CT molecular complexity index is 599. The van der Waals surface area contributed by atoms with Gasteiger partial charge in [-0.2, -0.15) is 0 Å². The van der Waals surface area contributed by atoms with Crippen LogP contribution in [0.3, 0.4) is 0 Å². The molecule has 0 aliphatic carbocycles. The Hall–Kier alpha value is -2.08. The predicted molar refractivity (Wildman–Crippen MR) is 93.3 cm³/mol. The minimum atomic E-state index is -0.665. The summed E-state index contributed by atoms with van der Waals surface area (Å²) in [7, 11) is 1.40. The molecule has 6 nitrogen and oxygen atoms in total. The van der Waals surface area contributed by atoms with E-state index in [2.05, 4.69) is 17.4 Å².